The molecule has 2 aliphatic rings. The second kappa shape index (κ2) is 8.56. The van der Waals surface area contributed by atoms with E-state index in [2.05, 4.69) is 10.6 Å². The maximum absolute atomic E-state index is 12.8. The van der Waals surface area contributed by atoms with Crippen LogP contribution in [0.3, 0.4) is 0 Å². The van der Waals surface area contributed by atoms with Gasteiger partial charge in [0.15, 0.2) is 0 Å². The van der Waals surface area contributed by atoms with Crippen LogP contribution in [0.5, 0.6) is 0 Å². The van der Waals surface area contributed by atoms with Crippen molar-refractivity contribution in [2.45, 2.75) is 38.8 Å². The summed E-state index contributed by atoms with van der Waals surface area (Å²) in [6, 6.07) is 8.45. The average Bonchev–Trinajstić information content (AvgIpc) is 3.58. The number of hydrogen-bond donors (Lipinski definition) is 2. The highest BCUT2D eigenvalue weighted by Crippen LogP contribution is 2.33. The molecule has 0 bridgehead atoms. The van der Waals surface area contributed by atoms with Crippen LogP contribution in [0.4, 0.5) is 5.69 Å². The Kier molecular flexibility index (Phi) is 5.97. The number of halogens is 2. The number of carbonyl (C=O) groups excluding carboxylic acids is 4. The normalized spacial score (nSPS) is 17.1. The number of anilines is 1. The molecule has 0 radical (unpaired) electrons. The highest BCUT2D eigenvalue weighted by atomic mass is 35.5. The van der Waals surface area contributed by atoms with Crippen LogP contribution < -0.4 is 10.6 Å². The standard InChI is InChI=1S/C23H21Cl2N3O4/c1-11(13-5-7-15(8-6-13)27-21(30)14-3-4-14)26-20(29)12(2)28-22(31)16-9-18(24)19(25)10-17(16)23(28)32/h5-12,14H,3-4H2,1-2H3,(H,26,29)(H,27,30). The number of benzene rings is 2. The molecule has 9 heteroatoms. The van der Waals surface area contributed by atoms with Crippen molar-refractivity contribution in [2.75, 3.05) is 5.32 Å². The summed E-state index contributed by atoms with van der Waals surface area (Å²) in [6.07, 6.45) is 1.86. The summed E-state index contributed by atoms with van der Waals surface area (Å²) >= 11 is 11.9. The van der Waals surface area contributed by atoms with E-state index in [0.29, 0.717) is 5.69 Å². The van der Waals surface area contributed by atoms with Gasteiger partial charge in [-0.05, 0) is 56.5 Å². The zero-order chi connectivity index (χ0) is 23.2. The van der Waals surface area contributed by atoms with Crippen molar-refractivity contribution in [3.8, 4) is 0 Å². The van der Waals surface area contributed by atoms with Crippen LogP contribution >= 0.6 is 23.2 Å². The van der Waals surface area contributed by atoms with Gasteiger partial charge < -0.3 is 10.6 Å². The molecule has 1 fully saturated rings. The third-order valence-electron chi connectivity index (χ3n) is 5.71. The number of hydrogen-bond acceptors (Lipinski definition) is 4. The van der Waals surface area contributed by atoms with E-state index in [9.17, 15) is 19.2 Å². The summed E-state index contributed by atoms with van der Waals surface area (Å²) in [5.41, 5.74) is 1.76. The summed E-state index contributed by atoms with van der Waals surface area (Å²) in [5.74, 6) is -1.51. The molecule has 1 heterocycles. The Morgan fingerprint density at radius 2 is 1.50 bits per heavy atom. The molecule has 32 heavy (non-hydrogen) atoms. The molecule has 1 aliphatic carbocycles. The molecule has 2 unspecified atom stereocenters. The van der Waals surface area contributed by atoms with Gasteiger partial charge in [-0.1, -0.05) is 35.3 Å². The van der Waals surface area contributed by atoms with Gasteiger partial charge in [-0.25, -0.2) is 0 Å². The molecule has 2 aromatic carbocycles. The van der Waals surface area contributed by atoms with Crippen molar-refractivity contribution in [2.24, 2.45) is 5.92 Å². The number of amides is 4. The molecule has 0 aromatic heterocycles. The van der Waals surface area contributed by atoms with Gasteiger partial charge in [0, 0.05) is 11.6 Å². The van der Waals surface area contributed by atoms with Crippen LogP contribution in [-0.4, -0.2) is 34.6 Å². The molecule has 0 spiro atoms. The molecule has 166 valence electrons. The van der Waals surface area contributed by atoms with E-state index >= 15 is 0 Å². The summed E-state index contributed by atoms with van der Waals surface area (Å²) in [4.78, 5) is 51.1. The van der Waals surface area contributed by atoms with E-state index in [1.54, 1.807) is 19.1 Å². The Balaban J connectivity index is 1.41. The Hall–Kier alpha value is -2.90. The lowest BCUT2D eigenvalue weighted by Crippen LogP contribution is -2.48. The van der Waals surface area contributed by atoms with Gasteiger partial charge >= 0.3 is 0 Å². The van der Waals surface area contributed by atoms with Gasteiger partial charge in [-0.15, -0.1) is 0 Å². The summed E-state index contributed by atoms with van der Waals surface area (Å²) in [6.45, 7) is 3.29. The van der Waals surface area contributed by atoms with Crippen molar-refractivity contribution in [3.05, 3.63) is 63.1 Å². The van der Waals surface area contributed by atoms with Crippen LogP contribution in [0.1, 0.15) is 59.0 Å². The molecule has 2 atom stereocenters. The van der Waals surface area contributed by atoms with Crippen LogP contribution in [-0.2, 0) is 9.59 Å². The van der Waals surface area contributed by atoms with Gasteiger partial charge in [-0.3, -0.25) is 24.1 Å². The summed E-state index contributed by atoms with van der Waals surface area (Å²) in [5, 5.41) is 6.02. The fourth-order valence-corrected chi connectivity index (χ4v) is 3.91. The van der Waals surface area contributed by atoms with Gasteiger partial charge in [0.2, 0.25) is 11.8 Å². The summed E-state index contributed by atoms with van der Waals surface area (Å²) < 4.78 is 0. The Labute approximate surface area is 195 Å². The molecule has 2 N–H and O–H groups in total. The largest absolute Gasteiger partial charge is 0.348 e. The number of carbonyl (C=O) groups is 4. The molecule has 2 aromatic rings. The van der Waals surface area contributed by atoms with E-state index < -0.39 is 23.8 Å². The van der Waals surface area contributed by atoms with Crippen LogP contribution in [0.25, 0.3) is 0 Å². The third-order valence-corrected chi connectivity index (χ3v) is 6.43. The van der Waals surface area contributed by atoms with E-state index in [4.69, 9.17) is 23.2 Å². The first-order valence-corrected chi connectivity index (χ1v) is 11.0. The van der Waals surface area contributed by atoms with Crippen LogP contribution in [0, 0.1) is 5.92 Å². The van der Waals surface area contributed by atoms with Crippen LogP contribution in [0.15, 0.2) is 36.4 Å². The van der Waals surface area contributed by atoms with E-state index in [-0.39, 0.29) is 39.0 Å². The topological polar surface area (TPSA) is 95.6 Å². The minimum Gasteiger partial charge on any atom is -0.348 e. The Bertz CT molecular complexity index is 1090. The predicted octanol–water partition coefficient (Wildman–Crippen LogP) is 4.20. The maximum atomic E-state index is 12.8. The van der Waals surface area contributed by atoms with Gasteiger partial charge in [0.25, 0.3) is 11.8 Å². The molecular weight excluding hydrogens is 453 g/mol. The zero-order valence-corrected chi connectivity index (χ0v) is 19.0. The van der Waals surface area contributed by atoms with E-state index in [1.165, 1.54) is 19.1 Å². The number of rotatable bonds is 6. The highest BCUT2D eigenvalue weighted by Gasteiger charge is 2.41. The zero-order valence-electron chi connectivity index (χ0n) is 17.4. The van der Waals surface area contributed by atoms with Gasteiger partial charge in [0.1, 0.15) is 6.04 Å². The molecule has 1 aliphatic heterocycles. The molecule has 4 rings (SSSR count). The molecule has 4 amide bonds. The van der Waals surface area contributed by atoms with E-state index in [1.807, 2.05) is 12.1 Å². The SMILES string of the molecule is CC(NC(=O)C(C)N1C(=O)c2cc(Cl)c(Cl)cc2C1=O)c1ccc(NC(=O)C2CC2)cc1. The van der Waals surface area contributed by atoms with Crippen molar-refractivity contribution < 1.29 is 19.2 Å². The first-order chi connectivity index (χ1) is 15.2. The second-order valence-corrected chi connectivity index (χ2v) is 8.90. The second-order valence-electron chi connectivity index (χ2n) is 8.08. The first-order valence-electron chi connectivity index (χ1n) is 10.3. The fourth-order valence-electron chi connectivity index (χ4n) is 3.58. The lowest BCUT2D eigenvalue weighted by atomic mass is 10.1. The van der Waals surface area contributed by atoms with Crippen molar-refractivity contribution >= 4 is 52.5 Å². The minimum atomic E-state index is -1.03. The average molecular weight is 474 g/mol. The van der Waals surface area contributed by atoms with E-state index in [0.717, 1.165) is 23.3 Å². The fraction of sp³-hybridized carbons (Fsp3) is 0.304. The Morgan fingerprint density at radius 3 is 2.00 bits per heavy atom. The number of nitrogens with zero attached hydrogens (tertiary/aromatic N) is 1. The molecule has 0 saturated heterocycles. The highest BCUT2D eigenvalue weighted by molar-refractivity contribution is 6.43. The lowest BCUT2D eigenvalue weighted by Gasteiger charge is -2.24. The Morgan fingerprint density at radius 1 is 0.969 bits per heavy atom. The number of fused-ring (bicyclic) bond motifs is 1. The van der Waals surface area contributed by atoms with Gasteiger partial charge in [-0.2, -0.15) is 0 Å². The third kappa shape index (κ3) is 4.23. The quantitative estimate of drug-likeness (QED) is 0.614. The molecule has 1 saturated carbocycles. The lowest BCUT2D eigenvalue weighted by molar-refractivity contribution is -0.125. The van der Waals surface area contributed by atoms with Crippen molar-refractivity contribution in [1.29, 1.82) is 0 Å². The van der Waals surface area contributed by atoms with Crippen LogP contribution in [0.2, 0.25) is 10.0 Å². The van der Waals surface area contributed by atoms with Crippen molar-refractivity contribution in [3.63, 3.8) is 0 Å². The number of imide groups is 1. The first kappa shape index (κ1) is 22.3. The van der Waals surface area contributed by atoms with Crippen molar-refractivity contribution in [1.82, 2.24) is 10.2 Å². The predicted molar refractivity (Wildman–Crippen MR) is 121 cm³/mol. The minimum absolute atomic E-state index is 0.0245. The smallest absolute Gasteiger partial charge is 0.262 e. The number of nitrogens with one attached hydrogen (secondary N) is 2. The molecular formula is C23H21Cl2N3O4. The summed E-state index contributed by atoms with van der Waals surface area (Å²) in [7, 11) is 0. The van der Waals surface area contributed by atoms with Gasteiger partial charge in [0.05, 0.1) is 27.2 Å². The molecule has 7 nitrogen and oxygen atoms in total. The maximum Gasteiger partial charge on any atom is 0.262 e. The monoisotopic (exact) mass is 473 g/mol.